The van der Waals surface area contributed by atoms with Gasteiger partial charge in [-0.3, -0.25) is 4.79 Å². The average molecular weight is 289 g/mol. The van der Waals surface area contributed by atoms with Gasteiger partial charge in [0.15, 0.2) is 0 Å². The lowest BCUT2D eigenvalue weighted by Gasteiger charge is -2.11. The molecule has 1 amide bonds. The van der Waals surface area contributed by atoms with E-state index in [9.17, 15) is 9.18 Å². The van der Waals surface area contributed by atoms with Crippen molar-refractivity contribution in [1.82, 2.24) is 5.32 Å². The van der Waals surface area contributed by atoms with E-state index >= 15 is 0 Å². The Kier molecular flexibility index (Phi) is 4.73. The predicted octanol–water partition coefficient (Wildman–Crippen LogP) is 2.52. The van der Waals surface area contributed by atoms with E-state index in [1.807, 2.05) is 13.8 Å². The third-order valence-corrected chi connectivity index (χ3v) is 2.51. The van der Waals surface area contributed by atoms with Gasteiger partial charge < -0.3 is 10.6 Å². The molecule has 0 spiro atoms. The molecule has 0 atom stereocenters. The molecule has 88 valence electrons. The molecular formula is C11H14BrFN2O. The maximum absolute atomic E-state index is 12.9. The van der Waals surface area contributed by atoms with Crippen molar-refractivity contribution in [1.29, 1.82) is 0 Å². The van der Waals surface area contributed by atoms with Crippen LogP contribution in [-0.4, -0.2) is 18.5 Å². The van der Waals surface area contributed by atoms with Gasteiger partial charge in [-0.15, -0.1) is 0 Å². The Balaban J connectivity index is 2.54. The number of rotatable bonds is 4. The van der Waals surface area contributed by atoms with E-state index in [0.29, 0.717) is 5.69 Å². The van der Waals surface area contributed by atoms with Crippen LogP contribution in [0.4, 0.5) is 10.1 Å². The lowest BCUT2D eigenvalue weighted by molar-refractivity contribution is -0.119. The summed E-state index contributed by atoms with van der Waals surface area (Å²) in [5, 5.41) is 5.60. The number of anilines is 1. The Morgan fingerprint density at radius 1 is 1.50 bits per heavy atom. The van der Waals surface area contributed by atoms with Crippen LogP contribution in [0.15, 0.2) is 22.7 Å². The highest BCUT2D eigenvalue weighted by Crippen LogP contribution is 2.22. The van der Waals surface area contributed by atoms with Gasteiger partial charge in [-0.05, 0) is 48.0 Å². The minimum atomic E-state index is -0.338. The number of halogens is 2. The highest BCUT2D eigenvalue weighted by molar-refractivity contribution is 9.10. The van der Waals surface area contributed by atoms with E-state index in [1.54, 1.807) is 6.07 Å². The van der Waals surface area contributed by atoms with Crippen LogP contribution in [-0.2, 0) is 4.79 Å². The van der Waals surface area contributed by atoms with Gasteiger partial charge in [0.25, 0.3) is 0 Å². The summed E-state index contributed by atoms with van der Waals surface area (Å²) in [6, 6.07) is 4.39. The highest BCUT2D eigenvalue weighted by Gasteiger charge is 2.05. The number of amides is 1. The molecule has 0 fully saturated rings. The molecule has 0 radical (unpaired) electrons. The van der Waals surface area contributed by atoms with Crippen molar-refractivity contribution in [3.63, 3.8) is 0 Å². The quantitative estimate of drug-likeness (QED) is 0.894. The molecule has 1 rings (SSSR count). The van der Waals surface area contributed by atoms with Crippen molar-refractivity contribution < 1.29 is 9.18 Å². The first kappa shape index (κ1) is 13.0. The first-order valence-electron chi connectivity index (χ1n) is 4.97. The summed E-state index contributed by atoms with van der Waals surface area (Å²) in [6.07, 6.45) is 0. The fourth-order valence-electron chi connectivity index (χ4n) is 1.18. The Labute approximate surface area is 103 Å². The average Bonchev–Trinajstić information content (AvgIpc) is 2.18. The molecule has 0 aliphatic heterocycles. The minimum Gasteiger partial charge on any atom is -0.375 e. The van der Waals surface area contributed by atoms with E-state index in [0.717, 1.165) is 4.47 Å². The van der Waals surface area contributed by atoms with Crippen LogP contribution >= 0.6 is 15.9 Å². The fraction of sp³-hybridized carbons (Fsp3) is 0.364. The molecule has 0 aliphatic carbocycles. The van der Waals surface area contributed by atoms with Crippen molar-refractivity contribution >= 4 is 27.5 Å². The number of benzene rings is 1. The van der Waals surface area contributed by atoms with Gasteiger partial charge in [-0.1, -0.05) is 0 Å². The van der Waals surface area contributed by atoms with Gasteiger partial charge in [0, 0.05) is 10.5 Å². The molecule has 0 heterocycles. The second kappa shape index (κ2) is 5.84. The topological polar surface area (TPSA) is 41.1 Å². The van der Waals surface area contributed by atoms with Crippen LogP contribution < -0.4 is 10.6 Å². The van der Waals surface area contributed by atoms with Gasteiger partial charge in [0.05, 0.1) is 12.2 Å². The van der Waals surface area contributed by atoms with Gasteiger partial charge in [0.1, 0.15) is 5.82 Å². The third-order valence-electron chi connectivity index (χ3n) is 1.82. The molecule has 2 N–H and O–H groups in total. The van der Waals surface area contributed by atoms with Gasteiger partial charge in [-0.2, -0.15) is 0 Å². The molecule has 16 heavy (non-hydrogen) atoms. The summed E-state index contributed by atoms with van der Waals surface area (Å²) in [4.78, 5) is 11.3. The zero-order valence-corrected chi connectivity index (χ0v) is 10.8. The third kappa shape index (κ3) is 4.18. The van der Waals surface area contributed by atoms with E-state index in [1.165, 1.54) is 12.1 Å². The fourth-order valence-corrected chi connectivity index (χ4v) is 1.57. The van der Waals surface area contributed by atoms with E-state index in [2.05, 4.69) is 26.6 Å². The summed E-state index contributed by atoms with van der Waals surface area (Å²) in [5.41, 5.74) is 0.568. The zero-order chi connectivity index (χ0) is 12.1. The number of hydrogen-bond acceptors (Lipinski definition) is 2. The summed E-state index contributed by atoms with van der Waals surface area (Å²) >= 11 is 3.27. The minimum absolute atomic E-state index is 0.102. The smallest absolute Gasteiger partial charge is 0.239 e. The molecular weight excluding hydrogens is 275 g/mol. The van der Waals surface area contributed by atoms with E-state index in [-0.39, 0.29) is 24.3 Å². The number of carbonyl (C=O) groups excluding carboxylic acids is 1. The molecule has 5 heteroatoms. The summed E-state index contributed by atoms with van der Waals surface area (Å²) in [6.45, 7) is 3.90. The normalized spacial score (nSPS) is 10.3. The molecule has 1 aromatic carbocycles. The van der Waals surface area contributed by atoms with Crippen molar-refractivity contribution in [2.45, 2.75) is 19.9 Å². The van der Waals surface area contributed by atoms with Crippen LogP contribution in [0.2, 0.25) is 0 Å². The Morgan fingerprint density at radius 2 is 2.19 bits per heavy atom. The van der Waals surface area contributed by atoms with Crippen LogP contribution in [0.25, 0.3) is 0 Å². The summed E-state index contributed by atoms with van der Waals surface area (Å²) < 4.78 is 13.6. The number of hydrogen-bond donors (Lipinski definition) is 2. The summed E-state index contributed by atoms with van der Waals surface area (Å²) in [7, 11) is 0. The van der Waals surface area contributed by atoms with Crippen LogP contribution in [0.5, 0.6) is 0 Å². The van der Waals surface area contributed by atoms with E-state index < -0.39 is 0 Å². The molecule has 0 unspecified atom stereocenters. The molecule has 0 saturated heterocycles. The molecule has 0 bridgehead atoms. The Morgan fingerprint density at radius 3 is 2.81 bits per heavy atom. The van der Waals surface area contributed by atoms with Gasteiger partial charge in [-0.25, -0.2) is 4.39 Å². The predicted molar refractivity (Wildman–Crippen MR) is 65.9 cm³/mol. The zero-order valence-electron chi connectivity index (χ0n) is 9.18. The molecule has 1 aromatic rings. The monoisotopic (exact) mass is 288 g/mol. The SMILES string of the molecule is CC(C)NC(=O)CNc1cc(F)ccc1Br. The van der Waals surface area contributed by atoms with E-state index in [4.69, 9.17) is 0 Å². The molecule has 0 saturated carbocycles. The van der Waals surface area contributed by atoms with Crippen molar-refractivity contribution in [2.75, 3.05) is 11.9 Å². The molecule has 0 aliphatic rings. The first-order chi connectivity index (χ1) is 7.49. The van der Waals surface area contributed by atoms with Crippen molar-refractivity contribution in [3.05, 3.63) is 28.5 Å². The first-order valence-corrected chi connectivity index (χ1v) is 5.76. The molecule has 0 aromatic heterocycles. The standard InChI is InChI=1S/C11H14BrFN2O/c1-7(2)15-11(16)6-14-10-5-8(13)3-4-9(10)12/h3-5,7,14H,6H2,1-2H3,(H,15,16). The lowest BCUT2D eigenvalue weighted by atomic mass is 10.3. The molecule has 3 nitrogen and oxygen atoms in total. The van der Waals surface area contributed by atoms with Crippen LogP contribution in [0.3, 0.4) is 0 Å². The number of nitrogens with one attached hydrogen (secondary N) is 2. The Bertz CT molecular complexity index is 382. The maximum atomic E-state index is 12.9. The highest BCUT2D eigenvalue weighted by atomic mass is 79.9. The summed E-state index contributed by atoms with van der Waals surface area (Å²) in [5.74, 6) is -0.457. The lowest BCUT2D eigenvalue weighted by Crippen LogP contribution is -2.34. The van der Waals surface area contributed by atoms with Gasteiger partial charge in [0.2, 0.25) is 5.91 Å². The van der Waals surface area contributed by atoms with Crippen LogP contribution in [0, 0.1) is 5.82 Å². The van der Waals surface area contributed by atoms with Gasteiger partial charge >= 0.3 is 0 Å². The second-order valence-electron chi connectivity index (χ2n) is 3.70. The Hall–Kier alpha value is -1.10. The second-order valence-corrected chi connectivity index (χ2v) is 4.55. The van der Waals surface area contributed by atoms with Crippen LogP contribution in [0.1, 0.15) is 13.8 Å². The largest absolute Gasteiger partial charge is 0.375 e. The maximum Gasteiger partial charge on any atom is 0.239 e. The van der Waals surface area contributed by atoms with Crippen molar-refractivity contribution in [2.24, 2.45) is 0 Å². The van der Waals surface area contributed by atoms with Crippen molar-refractivity contribution in [3.8, 4) is 0 Å². The number of carbonyl (C=O) groups is 1.